The van der Waals surface area contributed by atoms with Gasteiger partial charge in [0.15, 0.2) is 4.47 Å². The summed E-state index contributed by atoms with van der Waals surface area (Å²) in [6, 6.07) is -0.297. The van der Waals surface area contributed by atoms with Crippen molar-refractivity contribution < 1.29 is 10.5 Å². The summed E-state index contributed by atoms with van der Waals surface area (Å²) < 4.78 is 0.485. The molecule has 2 amide bonds. The van der Waals surface area contributed by atoms with Crippen molar-refractivity contribution in [2.45, 2.75) is 6.54 Å². The van der Waals surface area contributed by atoms with Crippen molar-refractivity contribution in [2.75, 3.05) is 0 Å². The minimum absolute atomic E-state index is 0.297. The number of amides is 2. The van der Waals surface area contributed by atoms with E-state index in [2.05, 4.69) is 16.0 Å². The maximum atomic E-state index is 10.4. The molecule has 0 spiro atoms. The lowest BCUT2D eigenvalue weighted by Crippen LogP contribution is -2.62. The molecule has 1 aromatic heterocycles. The molecule has 1 aromatic rings. The summed E-state index contributed by atoms with van der Waals surface area (Å²) in [5.74, 6) is 0. The van der Waals surface area contributed by atoms with E-state index >= 15 is 0 Å². The van der Waals surface area contributed by atoms with Gasteiger partial charge in [0, 0.05) is 11.1 Å². The van der Waals surface area contributed by atoms with Gasteiger partial charge in [-0.15, -0.1) is 11.3 Å². The van der Waals surface area contributed by atoms with Gasteiger partial charge in [0.1, 0.15) is 0 Å². The first-order valence-corrected chi connectivity index (χ1v) is 4.08. The van der Waals surface area contributed by atoms with E-state index in [0.29, 0.717) is 11.0 Å². The van der Waals surface area contributed by atoms with Crippen LogP contribution >= 0.6 is 22.9 Å². The van der Waals surface area contributed by atoms with Crippen molar-refractivity contribution >= 4 is 29.0 Å². The molecule has 0 bridgehead atoms. The van der Waals surface area contributed by atoms with Gasteiger partial charge in [-0.1, -0.05) is 11.6 Å². The average molecular weight is 193 g/mol. The number of thiazole rings is 1. The van der Waals surface area contributed by atoms with E-state index in [4.69, 9.17) is 11.6 Å². The molecule has 0 saturated heterocycles. The van der Waals surface area contributed by atoms with Gasteiger partial charge in [0.05, 0.1) is 6.54 Å². The van der Waals surface area contributed by atoms with Gasteiger partial charge in [-0.05, 0) is 0 Å². The molecule has 0 fully saturated rings. The van der Waals surface area contributed by atoms with Crippen LogP contribution in [-0.4, -0.2) is 11.0 Å². The zero-order valence-electron chi connectivity index (χ0n) is 5.63. The van der Waals surface area contributed by atoms with E-state index in [1.165, 1.54) is 11.3 Å². The fourth-order valence-corrected chi connectivity index (χ4v) is 1.47. The quantitative estimate of drug-likeness (QED) is 0.705. The third-order valence-electron chi connectivity index (χ3n) is 0.985. The van der Waals surface area contributed by atoms with Crippen LogP contribution in [0.25, 0.3) is 0 Å². The van der Waals surface area contributed by atoms with Crippen LogP contribution in [0.4, 0.5) is 4.79 Å². The van der Waals surface area contributed by atoms with Crippen molar-refractivity contribution in [1.82, 2.24) is 10.3 Å². The molecule has 0 atom stereocenters. The summed E-state index contributed by atoms with van der Waals surface area (Å²) in [7, 11) is 0. The number of halogens is 1. The molecular weight excluding hydrogens is 186 g/mol. The molecule has 11 heavy (non-hydrogen) atoms. The third kappa shape index (κ3) is 2.83. The van der Waals surface area contributed by atoms with Gasteiger partial charge in [-0.2, -0.15) is 0 Å². The Morgan fingerprint density at radius 1 is 1.91 bits per heavy atom. The molecule has 4 nitrogen and oxygen atoms in total. The lowest BCUT2D eigenvalue weighted by Gasteiger charge is -1.92. The van der Waals surface area contributed by atoms with Crippen LogP contribution in [0.15, 0.2) is 6.20 Å². The molecule has 1 rings (SSSR count). The SMILES string of the molecule is [NH3+]C(=O)NCc1cnc(Cl)s1. The average Bonchev–Trinajstić information content (AvgIpc) is 2.31. The van der Waals surface area contributed by atoms with E-state index in [9.17, 15) is 4.79 Å². The van der Waals surface area contributed by atoms with Crippen molar-refractivity contribution in [3.05, 3.63) is 15.5 Å². The van der Waals surface area contributed by atoms with E-state index in [0.717, 1.165) is 4.88 Å². The van der Waals surface area contributed by atoms with Crippen molar-refractivity contribution in [3.63, 3.8) is 0 Å². The first-order valence-electron chi connectivity index (χ1n) is 2.88. The predicted molar refractivity (Wildman–Crippen MR) is 42.2 cm³/mol. The zero-order chi connectivity index (χ0) is 8.27. The van der Waals surface area contributed by atoms with E-state index in [1.54, 1.807) is 6.20 Å². The molecule has 60 valence electrons. The molecule has 0 radical (unpaired) electrons. The summed E-state index contributed by atoms with van der Waals surface area (Å²) >= 11 is 6.90. The number of nitrogens with one attached hydrogen (secondary N) is 1. The lowest BCUT2D eigenvalue weighted by atomic mass is 10.5. The highest BCUT2D eigenvalue weighted by Crippen LogP contribution is 2.16. The van der Waals surface area contributed by atoms with E-state index < -0.39 is 0 Å². The topological polar surface area (TPSA) is 69.6 Å². The number of nitrogens with zero attached hydrogens (tertiary/aromatic N) is 1. The third-order valence-corrected chi connectivity index (χ3v) is 2.10. The molecule has 4 N–H and O–H groups in total. The fourth-order valence-electron chi connectivity index (χ4n) is 0.551. The highest BCUT2D eigenvalue weighted by Gasteiger charge is 2.00. The molecule has 0 aliphatic rings. The molecule has 0 aliphatic carbocycles. The van der Waals surface area contributed by atoms with E-state index in [-0.39, 0.29) is 6.03 Å². The van der Waals surface area contributed by atoms with Crippen LogP contribution in [0.5, 0.6) is 0 Å². The van der Waals surface area contributed by atoms with Crippen LogP contribution in [-0.2, 0) is 6.54 Å². The van der Waals surface area contributed by atoms with Crippen LogP contribution in [0.1, 0.15) is 4.88 Å². The van der Waals surface area contributed by atoms with Crippen LogP contribution in [0.3, 0.4) is 0 Å². The number of aromatic nitrogens is 1. The molecule has 0 aromatic carbocycles. The van der Waals surface area contributed by atoms with Gasteiger partial charge >= 0.3 is 6.03 Å². The Balaban J connectivity index is 2.45. The number of hydrogen-bond acceptors (Lipinski definition) is 3. The normalized spacial score (nSPS) is 9.64. The van der Waals surface area contributed by atoms with Crippen molar-refractivity contribution in [3.8, 4) is 0 Å². The standard InChI is InChI=1S/C5H6ClN3OS/c6-4-8-1-3(11-4)2-9-5(7)10/h1H,2H2,(H3,7,9,10)/p+1. The number of carbonyl (C=O) groups is 1. The molecule has 1 heterocycles. The minimum Gasteiger partial charge on any atom is -0.301 e. The second-order valence-electron chi connectivity index (χ2n) is 1.86. The summed E-state index contributed by atoms with van der Waals surface area (Å²) in [6.07, 6.45) is 1.63. The van der Waals surface area contributed by atoms with Crippen LogP contribution < -0.4 is 11.1 Å². The number of quaternary nitrogens is 1. The first kappa shape index (κ1) is 8.45. The Kier molecular flexibility index (Phi) is 2.81. The van der Waals surface area contributed by atoms with Gasteiger partial charge in [0.2, 0.25) is 0 Å². The molecular formula is C5H7ClN3OS+. The van der Waals surface area contributed by atoms with E-state index in [1.807, 2.05) is 0 Å². The Morgan fingerprint density at radius 2 is 2.64 bits per heavy atom. The maximum Gasteiger partial charge on any atom is 0.411 e. The zero-order valence-corrected chi connectivity index (χ0v) is 7.21. The molecule has 0 aliphatic heterocycles. The van der Waals surface area contributed by atoms with Gasteiger partial charge in [-0.3, -0.25) is 5.73 Å². The highest BCUT2D eigenvalue weighted by atomic mass is 35.5. The monoisotopic (exact) mass is 192 g/mol. The summed E-state index contributed by atoms with van der Waals surface area (Å²) in [5, 5.41) is 2.54. The van der Waals surface area contributed by atoms with Gasteiger partial charge < -0.3 is 5.32 Å². The van der Waals surface area contributed by atoms with Gasteiger partial charge in [-0.25, -0.2) is 9.78 Å². The number of rotatable bonds is 2. The maximum absolute atomic E-state index is 10.4. The van der Waals surface area contributed by atoms with Gasteiger partial charge in [0.25, 0.3) is 0 Å². The second kappa shape index (κ2) is 3.66. The molecule has 0 unspecified atom stereocenters. The highest BCUT2D eigenvalue weighted by molar-refractivity contribution is 7.15. The first-order chi connectivity index (χ1) is 5.18. The summed E-state index contributed by atoms with van der Waals surface area (Å²) in [4.78, 5) is 15.1. The number of hydrogen-bond donors (Lipinski definition) is 2. The summed E-state index contributed by atoms with van der Waals surface area (Å²) in [6.45, 7) is 0.451. The lowest BCUT2D eigenvalue weighted by molar-refractivity contribution is -0.251. The van der Waals surface area contributed by atoms with Crippen molar-refractivity contribution in [2.24, 2.45) is 0 Å². The Labute approximate surface area is 72.4 Å². The Morgan fingerprint density at radius 3 is 3.09 bits per heavy atom. The molecule has 6 heteroatoms. The Hall–Kier alpha value is -0.650. The second-order valence-corrected chi connectivity index (χ2v) is 3.55. The summed E-state index contributed by atoms with van der Waals surface area (Å²) in [5.41, 5.74) is 3.16. The predicted octanol–water partition coefficient (Wildman–Crippen LogP) is 0.248. The number of urea groups is 1. The molecule has 0 saturated carbocycles. The van der Waals surface area contributed by atoms with Crippen molar-refractivity contribution in [1.29, 1.82) is 0 Å². The Bertz CT molecular complexity index is 262. The fraction of sp³-hybridized carbons (Fsp3) is 0.200. The van der Waals surface area contributed by atoms with Crippen LogP contribution in [0.2, 0.25) is 4.47 Å². The largest absolute Gasteiger partial charge is 0.411 e. The number of carbonyl (C=O) groups excluding carboxylic acids is 1. The smallest absolute Gasteiger partial charge is 0.301 e. The minimum atomic E-state index is -0.297. The van der Waals surface area contributed by atoms with Crippen LogP contribution in [0, 0.1) is 0 Å².